The fourth-order valence-electron chi connectivity index (χ4n) is 1.52. The van der Waals surface area contributed by atoms with Crippen molar-refractivity contribution in [2.24, 2.45) is 0 Å². The van der Waals surface area contributed by atoms with E-state index in [-0.39, 0.29) is 5.82 Å². The van der Waals surface area contributed by atoms with Gasteiger partial charge in [0.25, 0.3) is 0 Å². The van der Waals surface area contributed by atoms with E-state index in [9.17, 15) is 9.18 Å². The number of aromatic nitrogens is 2. The number of carbonyl (C=O) groups excluding carboxylic acids is 1. The highest BCUT2D eigenvalue weighted by atomic mass is 19.1. The molecule has 0 spiro atoms. The van der Waals surface area contributed by atoms with Gasteiger partial charge in [0.15, 0.2) is 0 Å². The summed E-state index contributed by atoms with van der Waals surface area (Å²) in [4.78, 5) is 19.2. The summed E-state index contributed by atoms with van der Waals surface area (Å²) in [5.41, 5.74) is 1.65. The summed E-state index contributed by atoms with van der Waals surface area (Å²) >= 11 is 0. The van der Waals surface area contributed by atoms with Crippen LogP contribution in [0.15, 0.2) is 30.5 Å². The van der Waals surface area contributed by atoms with Gasteiger partial charge in [-0.25, -0.2) is 14.2 Å². The van der Waals surface area contributed by atoms with Crippen LogP contribution in [0.25, 0.3) is 11.3 Å². The maximum Gasteiger partial charge on any atom is 0.412 e. The number of hydrogen-bond donors (Lipinski definition) is 1. The fourth-order valence-corrected chi connectivity index (χ4v) is 1.52. The predicted molar refractivity (Wildman–Crippen MR) is 68.2 cm³/mol. The van der Waals surface area contributed by atoms with Crippen molar-refractivity contribution in [3.05, 3.63) is 42.0 Å². The molecule has 0 bridgehead atoms. The molecule has 6 heteroatoms. The molecule has 0 atom stereocenters. The van der Waals surface area contributed by atoms with E-state index in [1.807, 2.05) is 0 Å². The second kappa shape index (κ2) is 5.43. The largest absolute Gasteiger partial charge is 0.453 e. The third-order valence-electron chi connectivity index (χ3n) is 2.49. The number of halogens is 1. The van der Waals surface area contributed by atoms with Crippen LogP contribution in [0.3, 0.4) is 0 Å². The van der Waals surface area contributed by atoms with Gasteiger partial charge >= 0.3 is 6.09 Å². The van der Waals surface area contributed by atoms with E-state index in [0.29, 0.717) is 17.2 Å². The Kier molecular flexibility index (Phi) is 3.70. The highest BCUT2D eigenvalue weighted by Crippen LogP contribution is 2.20. The normalized spacial score (nSPS) is 10.1. The van der Waals surface area contributed by atoms with Gasteiger partial charge in [-0.05, 0) is 31.2 Å². The predicted octanol–water partition coefficient (Wildman–Crippen LogP) is 2.77. The zero-order chi connectivity index (χ0) is 13.8. The second-order valence-electron chi connectivity index (χ2n) is 3.81. The van der Waals surface area contributed by atoms with E-state index in [4.69, 9.17) is 0 Å². The molecule has 2 aromatic heterocycles. The number of carbonyl (C=O) groups is 1. The lowest BCUT2D eigenvalue weighted by molar-refractivity contribution is 0.187. The van der Waals surface area contributed by atoms with E-state index in [1.165, 1.54) is 19.4 Å². The molecule has 0 radical (unpaired) electrons. The number of aryl methyl sites for hydroxylation is 1. The summed E-state index contributed by atoms with van der Waals surface area (Å²) < 4.78 is 17.6. The molecule has 5 nitrogen and oxygen atoms in total. The van der Waals surface area contributed by atoms with Gasteiger partial charge in [-0.1, -0.05) is 0 Å². The van der Waals surface area contributed by atoms with Gasteiger partial charge in [0.05, 0.1) is 18.5 Å². The number of nitrogens with zero attached hydrogens (tertiary/aromatic N) is 2. The van der Waals surface area contributed by atoms with Crippen LogP contribution in [0.4, 0.5) is 15.0 Å². The molecular weight excluding hydrogens is 249 g/mol. The summed E-state index contributed by atoms with van der Waals surface area (Å²) in [5, 5.41) is 2.45. The Morgan fingerprint density at radius 2 is 2.16 bits per heavy atom. The first kappa shape index (κ1) is 12.9. The summed E-state index contributed by atoms with van der Waals surface area (Å²) in [6.45, 7) is 1.59. The molecule has 1 amide bonds. The SMILES string of the molecule is COC(=O)Nc1cc(-c2ccc(F)c(C)n2)ccn1. The minimum Gasteiger partial charge on any atom is -0.453 e. The van der Waals surface area contributed by atoms with Crippen LogP contribution in [0.5, 0.6) is 0 Å². The standard InChI is InChI=1S/C13H12FN3O2/c1-8-10(14)3-4-11(16-8)9-5-6-15-12(7-9)17-13(18)19-2/h3-7H,1-2H3,(H,15,17,18). The third kappa shape index (κ3) is 3.04. The molecule has 2 heterocycles. The van der Waals surface area contributed by atoms with Gasteiger partial charge in [0.1, 0.15) is 11.6 Å². The monoisotopic (exact) mass is 261 g/mol. The van der Waals surface area contributed by atoms with Crippen LogP contribution >= 0.6 is 0 Å². The van der Waals surface area contributed by atoms with Crippen molar-refractivity contribution in [1.82, 2.24) is 9.97 Å². The third-order valence-corrected chi connectivity index (χ3v) is 2.49. The summed E-state index contributed by atoms with van der Waals surface area (Å²) in [6, 6.07) is 6.28. The lowest BCUT2D eigenvalue weighted by Crippen LogP contribution is -2.11. The number of hydrogen-bond acceptors (Lipinski definition) is 4. The topological polar surface area (TPSA) is 64.1 Å². The number of amides is 1. The lowest BCUT2D eigenvalue weighted by atomic mass is 10.1. The summed E-state index contributed by atoms with van der Waals surface area (Å²) in [6.07, 6.45) is 0.925. The summed E-state index contributed by atoms with van der Waals surface area (Å²) in [7, 11) is 1.27. The molecule has 2 aromatic rings. The Morgan fingerprint density at radius 1 is 1.37 bits per heavy atom. The molecular formula is C13H12FN3O2. The number of nitrogens with one attached hydrogen (secondary N) is 1. The highest BCUT2D eigenvalue weighted by molar-refractivity contribution is 5.84. The molecule has 0 aliphatic rings. The minimum absolute atomic E-state index is 0.316. The molecule has 0 aromatic carbocycles. The number of rotatable bonds is 2. The average molecular weight is 261 g/mol. The van der Waals surface area contributed by atoms with Crippen molar-refractivity contribution in [3.8, 4) is 11.3 Å². The molecule has 0 unspecified atom stereocenters. The first-order valence-corrected chi connectivity index (χ1v) is 5.54. The van der Waals surface area contributed by atoms with Gasteiger partial charge in [-0.3, -0.25) is 10.3 Å². The van der Waals surface area contributed by atoms with E-state index >= 15 is 0 Å². The second-order valence-corrected chi connectivity index (χ2v) is 3.81. The molecule has 19 heavy (non-hydrogen) atoms. The van der Waals surface area contributed by atoms with E-state index in [0.717, 1.165) is 5.56 Å². The maximum atomic E-state index is 13.2. The van der Waals surface area contributed by atoms with Gasteiger partial charge < -0.3 is 4.74 Å². The van der Waals surface area contributed by atoms with Gasteiger partial charge in [-0.2, -0.15) is 0 Å². The molecule has 2 rings (SSSR count). The van der Waals surface area contributed by atoms with Gasteiger partial charge in [-0.15, -0.1) is 0 Å². The van der Waals surface area contributed by atoms with Crippen LogP contribution in [0.1, 0.15) is 5.69 Å². The zero-order valence-corrected chi connectivity index (χ0v) is 10.5. The smallest absolute Gasteiger partial charge is 0.412 e. The van der Waals surface area contributed by atoms with Crippen LogP contribution in [-0.2, 0) is 4.74 Å². The first-order valence-electron chi connectivity index (χ1n) is 5.54. The maximum absolute atomic E-state index is 13.2. The molecule has 0 saturated carbocycles. The van der Waals surface area contributed by atoms with Gasteiger partial charge in [0, 0.05) is 11.8 Å². The van der Waals surface area contributed by atoms with Crippen molar-refractivity contribution in [2.45, 2.75) is 6.92 Å². The number of pyridine rings is 2. The van der Waals surface area contributed by atoms with Crippen LogP contribution < -0.4 is 5.32 Å². The van der Waals surface area contributed by atoms with Crippen LogP contribution in [0.2, 0.25) is 0 Å². The fraction of sp³-hybridized carbons (Fsp3) is 0.154. The lowest BCUT2D eigenvalue weighted by Gasteiger charge is -2.06. The van der Waals surface area contributed by atoms with Gasteiger partial charge in [0.2, 0.25) is 0 Å². The Labute approximate surface area is 109 Å². The quantitative estimate of drug-likeness (QED) is 0.902. The highest BCUT2D eigenvalue weighted by Gasteiger charge is 2.06. The van der Waals surface area contributed by atoms with Crippen molar-refractivity contribution in [2.75, 3.05) is 12.4 Å². The van der Waals surface area contributed by atoms with E-state index in [2.05, 4.69) is 20.0 Å². The average Bonchev–Trinajstić information content (AvgIpc) is 2.42. The van der Waals surface area contributed by atoms with Crippen molar-refractivity contribution >= 4 is 11.9 Å². The minimum atomic E-state index is -0.604. The van der Waals surface area contributed by atoms with Crippen LogP contribution in [0, 0.1) is 12.7 Å². The number of ether oxygens (including phenoxy) is 1. The molecule has 0 fully saturated rings. The van der Waals surface area contributed by atoms with Crippen LogP contribution in [-0.4, -0.2) is 23.2 Å². The van der Waals surface area contributed by atoms with Crippen molar-refractivity contribution < 1.29 is 13.9 Å². The number of methoxy groups -OCH3 is 1. The molecule has 0 saturated heterocycles. The molecule has 0 aliphatic heterocycles. The van der Waals surface area contributed by atoms with Crippen molar-refractivity contribution in [3.63, 3.8) is 0 Å². The number of anilines is 1. The molecule has 0 aliphatic carbocycles. The van der Waals surface area contributed by atoms with E-state index in [1.54, 1.807) is 25.1 Å². The molecule has 1 N–H and O–H groups in total. The Morgan fingerprint density at radius 3 is 2.84 bits per heavy atom. The Balaban J connectivity index is 2.32. The Hall–Kier alpha value is -2.50. The molecule has 98 valence electrons. The van der Waals surface area contributed by atoms with E-state index < -0.39 is 6.09 Å². The first-order chi connectivity index (χ1) is 9.10. The zero-order valence-electron chi connectivity index (χ0n) is 10.5. The summed E-state index contributed by atoms with van der Waals surface area (Å²) in [5.74, 6) is -0.0150. The Bertz CT molecular complexity index is 617. The van der Waals surface area contributed by atoms with Crippen molar-refractivity contribution in [1.29, 1.82) is 0 Å².